The first kappa shape index (κ1) is 16.3. The fourth-order valence-corrected chi connectivity index (χ4v) is 5.45. The Morgan fingerprint density at radius 1 is 1.24 bits per heavy atom. The Labute approximate surface area is 148 Å². The van der Waals surface area contributed by atoms with Crippen LogP contribution in [0, 0.1) is 0 Å². The zero-order chi connectivity index (χ0) is 17.4. The summed E-state index contributed by atoms with van der Waals surface area (Å²) in [6.07, 6.45) is 4.56. The molecule has 0 radical (unpaired) electrons. The summed E-state index contributed by atoms with van der Waals surface area (Å²) in [6.45, 7) is 0.891. The van der Waals surface area contributed by atoms with Gasteiger partial charge in [-0.1, -0.05) is 18.2 Å². The number of aryl methyl sites for hydroxylation is 1. The molecule has 3 heterocycles. The Bertz CT molecular complexity index is 884. The van der Waals surface area contributed by atoms with E-state index in [-0.39, 0.29) is 17.5 Å². The summed E-state index contributed by atoms with van der Waals surface area (Å²) < 4.78 is 23.5. The van der Waals surface area contributed by atoms with Gasteiger partial charge < -0.3 is 9.80 Å². The van der Waals surface area contributed by atoms with Crippen molar-refractivity contribution in [1.29, 1.82) is 0 Å². The van der Waals surface area contributed by atoms with Crippen molar-refractivity contribution < 1.29 is 8.42 Å². The second-order valence-electron chi connectivity index (χ2n) is 6.77. The topological polar surface area (TPSA) is 66.4 Å². The number of benzene rings is 1. The minimum Gasteiger partial charge on any atom is -0.355 e. The van der Waals surface area contributed by atoms with E-state index in [2.05, 4.69) is 28.1 Å². The van der Waals surface area contributed by atoms with E-state index in [0.717, 1.165) is 30.9 Å². The molecule has 2 aliphatic heterocycles. The molecule has 0 aliphatic carbocycles. The van der Waals surface area contributed by atoms with Crippen LogP contribution < -0.4 is 9.80 Å². The number of rotatable bonds is 3. The molecule has 0 N–H and O–H groups in total. The number of para-hydroxylation sites is 1. The molecule has 0 spiro atoms. The summed E-state index contributed by atoms with van der Waals surface area (Å²) in [5.41, 5.74) is 2.48. The number of aromatic nitrogens is 2. The summed E-state index contributed by atoms with van der Waals surface area (Å²) in [7, 11) is -0.996. The zero-order valence-electron chi connectivity index (χ0n) is 14.3. The van der Waals surface area contributed by atoms with Crippen LogP contribution in [-0.4, -0.2) is 49.5 Å². The smallest absolute Gasteiger partial charge is 0.231 e. The van der Waals surface area contributed by atoms with Gasteiger partial charge in [-0.05, 0) is 37.0 Å². The van der Waals surface area contributed by atoms with E-state index in [0.29, 0.717) is 12.4 Å². The standard InChI is InChI=1S/C18H22N4O2S/c1-21(15-9-12-25(23,24)13-15)17-8-10-19-18(20-17)22-11-4-6-14-5-2-3-7-16(14)22/h2-3,5,7-8,10,15H,4,6,9,11-13H2,1H3. The lowest BCUT2D eigenvalue weighted by molar-refractivity contribution is 0.600. The fourth-order valence-electron chi connectivity index (χ4n) is 3.67. The summed E-state index contributed by atoms with van der Waals surface area (Å²) in [5, 5.41) is 0. The van der Waals surface area contributed by atoms with Gasteiger partial charge >= 0.3 is 0 Å². The Morgan fingerprint density at radius 3 is 2.88 bits per heavy atom. The van der Waals surface area contributed by atoms with Crippen LogP contribution in [0.3, 0.4) is 0 Å². The van der Waals surface area contributed by atoms with E-state index < -0.39 is 9.84 Å². The van der Waals surface area contributed by atoms with Crippen molar-refractivity contribution in [1.82, 2.24) is 9.97 Å². The Balaban J connectivity index is 1.63. The van der Waals surface area contributed by atoms with Crippen molar-refractivity contribution in [3.05, 3.63) is 42.1 Å². The minimum atomic E-state index is -2.91. The monoisotopic (exact) mass is 358 g/mol. The quantitative estimate of drug-likeness (QED) is 0.838. The number of hydrogen-bond donors (Lipinski definition) is 0. The fraction of sp³-hybridized carbons (Fsp3) is 0.444. The molecular formula is C18H22N4O2S. The first-order valence-corrected chi connectivity index (χ1v) is 10.5. The van der Waals surface area contributed by atoms with Crippen LogP contribution >= 0.6 is 0 Å². The average Bonchev–Trinajstić information content (AvgIpc) is 3.00. The van der Waals surface area contributed by atoms with Gasteiger partial charge in [0.05, 0.1) is 11.5 Å². The summed E-state index contributed by atoms with van der Waals surface area (Å²) in [5.74, 6) is 1.92. The molecular weight excluding hydrogens is 336 g/mol. The predicted molar refractivity (Wildman–Crippen MR) is 99.3 cm³/mol. The molecule has 2 aromatic rings. The maximum Gasteiger partial charge on any atom is 0.231 e. The lowest BCUT2D eigenvalue weighted by Crippen LogP contribution is -2.34. The van der Waals surface area contributed by atoms with Gasteiger partial charge in [0.15, 0.2) is 9.84 Å². The van der Waals surface area contributed by atoms with Crippen LogP contribution in [0.1, 0.15) is 18.4 Å². The minimum absolute atomic E-state index is 0.0126. The third kappa shape index (κ3) is 3.20. The summed E-state index contributed by atoms with van der Waals surface area (Å²) >= 11 is 0. The van der Waals surface area contributed by atoms with Crippen molar-refractivity contribution >= 4 is 27.3 Å². The molecule has 0 bridgehead atoms. The van der Waals surface area contributed by atoms with Crippen molar-refractivity contribution in [2.45, 2.75) is 25.3 Å². The van der Waals surface area contributed by atoms with Gasteiger partial charge in [0, 0.05) is 31.5 Å². The molecule has 1 saturated heterocycles. The Morgan fingerprint density at radius 2 is 2.08 bits per heavy atom. The van der Waals surface area contributed by atoms with Crippen LogP contribution in [0.15, 0.2) is 36.5 Å². The number of hydrogen-bond acceptors (Lipinski definition) is 6. The molecule has 25 heavy (non-hydrogen) atoms. The van der Waals surface area contributed by atoms with Gasteiger partial charge in [0.1, 0.15) is 5.82 Å². The molecule has 1 aromatic carbocycles. The van der Waals surface area contributed by atoms with Gasteiger partial charge in [-0.25, -0.2) is 13.4 Å². The average molecular weight is 358 g/mol. The molecule has 132 valence electrons. The normalized spacial score (nSPS) is 21.8. The van der Waals surface area contributed by atoms with Crippen molar-refractivity contribution in [3.8, 4) is 0 Å². The van der Waals surface area contributed by atoms with Crippen molar-refractivity contribution in [2.24, 2.45) is 0 Å². The van der Waals surface area contributed by atoms with Crippen LogP contribution in [0.4, 0.5) is 17.5 Å². The van der Waals surface area contributed by atoms with E-state index >= 15 is 0 Å². The highest BCUT2D eigenvalue weighted by atomic mass is 32.2. The molecule has 1 aromatic heterocycles. The molecule has 4 rings (SSSR count). The van der Waals surface area contributed by atoms with Crippen LogP contribution in [0.2, 0.25) is 0 Å². The molecule has 1 unspecified atom stereocenters. The first-order chi connectivity index (χ1) is 12.0. The molecule has 6 nitrogen and oxygen atoms in total. The Hall–Kier alpha value is -2.15. The lowest BCUT2D eigenvalue weighted by atomic mass is 10.0. The molecule has 1 fully saturated rings. The molecule has 0 amide bonds. The predicted octanol–water partition coefficient (Wildman–Crippen LogP) is 2.18. The first-order valence-electron chi connectivity index (χ1n) is 8.65. The lowest BCUT2D eigenvalue weighted by Gasteiger charge is -2.30. The van der Waals surface area contributed by atoms with E-state index in [1.165, 1.54) is 5.56 Å². The van der Waals surface area contributed by atoms with E-state index in [9.17, 15) is 8.42 Å². The second-order valence-corrected chi connectivity index (χ2v) is 9.00. The van der Waals surface area contributed by atoms with Gasteiger partial charge in [-0.3, -0.25) is 0 Å². The highest BCUT2D eigenvalue weighted by molar-refractivity contribution is 7.91. The highest BCUT2D eigenvalue weighted by Crippen LogP contribution is 2.32. The van der Waals surface area contributed by atoms with E-state index in [4.69, 9.17) is 4.98 Å². The van der Waals surface area contributed by atoms with E-state index in [1.807, 2.05) is 24.1 Å². The maximum absolute atomic E-state index is 11.8. The summed E-state index contributed by atoms with van der Waals surface area (Å²) in [6, 6.07) is 10.2. The third-order valence-corrected chi connectivity index (χ3v) is 6.85. The third-order valence-electron chi connectivity index (χ3n) is 5.10. The van der Waals surface area contributed by atoms with E-state index in [1.54, 1.807) is 6.20 Å². The van der Waals surface area contributed by atoms with Gasteiger partial charge in [-0.15, -0.1) is 0 Å². The molecule has 0 saturated carbocycles. The van der Waals surface area contributed by atoms with Crippen LogP contribution in [-0.2, 0) is 16.3 Å². The number of sulfone groups is 1. The van der Waals surface area contributed by atoms with Gasteiger partial charge in [0.2, 0.25) is 5.95 Å². The van der Waals surface area contributed by atoms with Crippen LogP contribution in [0.5, 0.6) is 0 Å². The van der Waals surface area contributed by atoms with Crippen molar-refractivity contribution in [3.63, 3.8) is 0 Å². The molecule has 2 aliphatic rings. The van der Waals surface area contributed by atoms with Gasteiger partial charge in [-0.2, -0.15) is 4.98 Å². The SMILES string of the molecule is CN(c1ccnc(N2CCCc3ccccc32)n1)C1CCS(=O)(=O)C1. The molecule has 1 atom stereocenters. The largest absolute Gasteiger partial charge is 0.355 e. The molecule has 7 heteroatoms. The van der Waals surface area contributed by atoms with Gasteiger partial charge in [0.25, 0.3) is 0 Å². The number of anilines is 3. The van der Waals surface area contributed by atoms with Crippen LogP contribution in [0.25, 0.3) is 0 Å². The zero-order valence-corrected chi connectivity index (χ0v) is 15.1. The summed E-state index contributed by atoms with van der Waals surface area (Å²) in [4.78, 5) is 13.3. The van der Waals surface area contributed by atoms with Crippen molar-refractivity contribution in [2.75, 3.05) is 34.9 Å². The Kier molecular flexibility index (Phi) is 4.11. The number of fused-ring (bicyclic) bond motifs is 1. The highest BCUT2D eigenvalue weighted by Gasteiger charge is 2.31. The maximum atomic E-state index is 11.8. The second kappa shape index (κ2) is 6.29. The number of nitrogens with zero attached hydrogens (tertiary/aromatic N) is 4.